The van der Waals surface area contributed by atoms with Gasteiger partial charge in [-0.15, -0.1) is 5.10 Å². The molecule has 0 unspecified atom stereocenters. The second kappa shape index (κ2) is 10.2. The molecule has 170 valence electrons. The molecule has 4 rings (SSSR count). The minimum atomic E-state index is -0.322. The van der Waals surface area contributed by atoms with Crippen molar-refractivity contribution in [1.29, 1.82) is 0 Å². The minimum absolute atomic E-state index is 0.144. The van der Waals surface area contributed by atoms with Crippen LogP contribution >= 0.6 is 0 Å². The summed E-state index contributed by atoms with van der Waals surface area (Å²) in [4.78, 5) is 18.7. The van der Waals surface area contributed by atoms with Crippen molar-refractivity contribution < 1.29 is 9.18 Å². The van der Waals surface area contributed by atoms with Crippen LogP contribution in [0, 0.1) is 12.7 Å². The van der Waals surface area contributed by atoms with E-state index in [9.17, 15) is 9.18 Å². The highest BCUT2D eigenvalue weighted by Crippen LogP contribution is 2.18. The zero-order chi connectivity index (χ0) is 23.2. The molecule has 2 heterocycles. The average molecular weight is 447 g/mol. The number of nitrogens with zero attached hydrogens (tertiary/aromatic N) is 5. The van der Waals surface area contributed by atoms with Crippen molar-refractivity contribution in [3.8, 4) is 16.9 Å². The first-order valence-electron chi connectivity index (χ1n) is 11.1. The van der Waals surface area contributed by atoms with Gasteiger partial charge in [0.2, 0.25) is 5.82 Å². The number of aryl methyl sites for hydroxylation is 2. The van der Waals surface area contributed by atoms with E-state index in [0.29, 0.717) is 18.1 Å². The molecule has 0 bridgehead atoms. The van der Waals surface area contributed by atoms with Crippen LogP contribution in [0.25, 0.3) is 16.9 Å². The number of H-pyrrole nitrogens is 1. The third-order valence-corrected chi connectivity index (χ3v) is 5.52. The Morgan fingerprint density at radius 3 is 2.58 bits per heavy atom. The van der Waals surface area contributed by atoms with E-state index < -0.39 is 0 Å². The van der Waals surface area contributed by atoms with Gasteiger partial charge < -0.3 is 4.90 Å². The summed E-state index contributed by atoms with van der Waals surface area (Å²) in [5, 5.41) is 11.8. The zero-order valence-electron chi connectivity index (χ0n) is 18.8. The van der Waals surface area contributed by atoms with Gasteiger partial charge in [-0.2, -0.15) is 5.10 Å². The number of rotatable bonds is 9. The van der Waals surface area contributed by atoms with E-state index in [2.05, 4.69) is 26.3 Å². The third kappa shape index (κ3) is 5.52. The molecule has 7 nitrogen and oxygen atoms in total. The Morgan fingerprint density at radius 2 is 1.82 bits per heavy atom. The molecular weight excluding hydrogens is 419 g/mol. The van der Waals surface area contributed by atoms with Gasteiger partial charge in [0.1, 0.15) is 11.6 Å². The second-order valence-corrected chi connectivity index (χ2v) is 8.05. The number of halogens is 1. The van der Waals surface area contributed by atoms with E-state index in [1.165, 1.54) is 12.1 Å². The first-order valence-corrected chi connectivity index (χ1v) is 11.1. The number of carbonyl (C=O) groups is 1. The van der Waals surface area contributed by atoms with Gasteiger partial charge in [0.25, 0.3) is 5.91 Å². The normalized spacial score (nSPS) is 11.0. The first-order chi connectivity index (χ1) is 16.0. The van der Waals surface area contributed by atoms with Crippen LogP contribution in [0.4, 0.5) is 4.39 Å². The van der Waals surface area contributed by atoms with Crippen LogP contribution in [-0.2, 0) is 6.42 Å². The van der Waals surface area contributed by atoms with Crippen LogP contribution in [0.15, 0.2) is 60.7 Å². The molecule has 2 aromatic heterocycles. The second-order valence-electron chi connectivity index (χ2n) is 8.05. The number of hydrogen-bond donors (Lipinski definition) is 1. The molecule has 0 aliphatic rings. The van der Waals surface area contributed by atoms with Crippen molar-refractivity contribution in [2.45, 2.75) is 32.6 Å². The fourth-order valence-electron chi connectivity index (χ4n) is 3.67. The van der Waals surface area contributed by atoms with E-state index >= 15 is 0 Å². The fraction of sp³-hybridized carbons (Fsp3) is 0.280. The van der Waals surface area contributed by atoms with Gasteiger partial charge in [0.15, 0.2) is 0 Å². The maximum Gasteiger partial charge on any atom is 0.293 e. The molecule has 0 radical (unpaired) electrons. The summed E-state index contributed by atoms with van der Waals surface area (Å²) >= 11 is 0. The first kappa shape index (κ1) is 22.4. The van der Waals surface area contributed by atoms with E-state index in [1.54, 1.807) is 35.7 Å². The maximum atomic E-state index is 13.2. The number of benzene rings is 2. The highest BCUT2D eigenvalue weighted by molar-refractivity contribution is 5.90. The Morgan fingerprint density at radius 1 is 1.06 bits per heavy atom. The Kier molecular flexibility index (Phi) is 6.92. The summed E-state index contributed by atoms with van der Waals surface area (Å²) < 4.78 is 14.7. The molecule has 2 aromatic carbocycles. The predicted molar refractivity (Wildman–Crippen MR) is 125 cm³/mol. The van der Waals surface area contributed by atoms with Crippen LogP contribution < -0.4 is 0 Å². The van der Waals surface area contributed by atoms with Crippen molar-refractivity contribution in [2.24, 2.45) is 0 Å². The zero-order valence-corrected chi connectivity index (χ0v) is 18.8. The molecule has 1 amide bonds. The van der Waals surface area contributed by atoms with Crippen molar-refractivity contribution in [2.75, 3.05) is 13.6 Å². The molecule has 33 heavy (non-hydrogen) atoms. The molecule has 0 aliphatic heterocycles. The lowest BCUT2D eigenvalue weighted by molar-refractivity contribution is 0.0780. The quantitative estimate of drug-likeness (QED) is 0.382. The van der Waals surface area contributed by atoms with Gasteiger partial charge in [-0.3, -0.25) is 9.89 Å². The molecule has 0 fully saturated rings. The van der Waals surface area contributed by atoms with Gasteiger partial charge in [-0.25, -0.2) is 14.1 Å². The van der Waals surface area contributed by atoms with Gasteiger partial charge in [0.05, 0.1) is 11.4 Å². The Labute approximate surface area is 192 Å². The van der Waals surface area contributed by atoms with Crippen LogP contribution in [-0.4, -0.2) is 49.4 Å². The smallest absolute Gasteiger partial charge is 0.293 e. The Hall–Kier alpha value is -3.81. The highest BCUT2D eigenvalue weighted by atomic mass is 19.1. The molecule has 4 aromatic rings. The fourth-order valence-corrected chi connectivity index (χ4v) is 3.67. The Balaban J connectivity index is 1.24. The van der Waals surface area contributed by atoms with Crippen LogP contribution in [0.1, 0.15) is 41.4 Å². The van der Waals surface area contributed by atoms with Crippen LogP contribution in [0.3, 0.4) is 0 Å². The molecule has 0 saturated carbocycles. The van der Waals surface area contributed by atoms with Crippen LogP contribution in [0.5, 0.6) is 0 Å². The monoisotopic (exact) mass is 446 g/mol. The molecule has 0 spiro atoms. The lowest BCUT2D eigenvalue weighted by Crippen LogP contribution is -2.28. The molecule has 0 aliphatic carbocycles. The summed E-state index contributed by atoms with van der Waals surface area (Å²) in [6, 6.07) is 18.1. The maximum absolute atomic E-state index is 13.2. The molecule has 0 atom stereocenters. The van der Waals surface area contributed by atoms with E-state index in [1.807, 2.05) is 30.3 Å². The van der Waals surface area contributed by atoms with Gasteiger partial charge in [-0.1, -0.05) is 36.8 Å². The topological polar surface area (TPSA) is 79.7 Å². The number of amides is 1. The number of aromatic nitrogens is 5. The predicted octanol–water partition coefficient (Wildman–Crippen LogP) is 4.59. The van der Waals surface area contributed by atoms with Crippen molar-refractivity contribution in [3.63, 3.8) is 0 Å². The number of aromatic amines is 1. The van der Waals surface area contributed by atoms with Crippen molar-refractivity contribution >= 4 is 5.91 Å². The van der Waals surface area contributed by atoms with Gasteiger partial charge in [-0.05, 0) is 56.5 Å². The molecule has 1 N–H and O–H groups in total. The van der Waals surface area contributed by atoms with Gasteiger partial charge >= 0.3 is 0 Å². The summed E-state index contributed by atoms with van der Waals surface area (Å²) in [6.07, 6.45) is 3.81. The van der Waals surface area contributed by atoms with Crippen molar-refractivity contribution in [1.82, 2.24) is 29.9 Å². The van der Waals surface area contributed by atoms with Crippen molar-refractivity contribution in [3.05, 3.63) is 83.8 Å². The molecular formula is C25H27FN6O. The number of carbonyl (C=O) groups excluding carboxylic acids is 1. The van der Waals surface area contributed by atoms with E-state index in [-0.39, 0.29) is 17.5 Å². The Bertz CT molecular complexity index is 1200. The highest BCUT2D eigenvalue weighted by Gasteiger charge is 2.19. The third-order valence-electron chi connectivity index (χ3n) is 5.52. The van der Waals surface area contributed by atoms with E-state index in [4.69, 9.17) is 0 Å². The lowest BCUT2D eigenvalue weighted by atomic mass is 10.1. The van der Waals surface area contributed by atoms with E-state index in [0.717, 1.165) is 42.6 Å². The summed E-state index contributed by atoms with van der Waals surface area (Å²) in [7, 11) is 1.76. The minimum Gasteiger partial charge on any atom is -0.339 e. The summed E-state index contributed by atoms with van der Waals surface area (Å²) in [5.41, 5.74) is 3.84. The molecule has 0 saturated heterocycles. The largest absolute Gasteiger partial charge is 0.339 e. The lowest BCUT2D eigenvalue weighted by Gasteiger charge is -2.14. The summed E-state index contributed by atoms with van der Waals surface area (Å²) in [6.45, 7) is 2.40. The van der Waals surface area contributed by atoms with Crippen LogP contribution in [0.2, 0.25) is 0 Å². The summed E-state index contributed by atoms with van der Waals surface area (Å²) in [5.74, 6) is 0.176. The average Bonchev–Trinajstić information content (AvgIpc) is 3.46. The van der Waals surface area contributed by atoms with Gasteiger partial charge in [0, 0.05) is 24.8 Å². The standard InChI is InChI=1S/C25H27FN6O/c1-18-27-24(30-32(18)22-14-12-20(26)13-15-22)25(33)31(2)16-8-4-7-11-21-17-23(29-28-21)19-9-5-3-6-10-19/h3,5-6,9-10,12-15,17H,4,7-8,11,16H2,1-2H3,(H,28,29). The number of hydrogen-bond acceptors (Lipinski definition) is 4. The number of unbranched alkanes of at least 4 members (excludes halogenated alkanes) is 2. The molecule has 8 heteroatoms. The number of nitrogens with one attached hydrogen (secondary N) is 1. The SMILES string of the molecule is Cc1nc(C(=O)N(C)CCCCCc2cc(-c3ccccc3)n[nH]2)nn1-c1ccc(F)cc1.